The molecule has 6 nitrogen and oxygen atoms in total. The number of carbonyl (C=O) groups excluding carboxylic acids is 1. The SMILES string of the molecule is Cc1cc(C(=O)Nc2cnn(C[C@H]3CCCCO3)c2)c(C)o1. The number of amides is 1. The van der Waals surface area contributed by atoms with Gasteiger partial charge in [0.25, 0.3) is 5.91 Å². The molecule has 1 aliphatic heterocycles. The van der Waals surface area contributed by atoms with Crippen LogP contribution in [-0.2, 0) is 11.3 Å². The molecule has 2 aromatic rings. The van der Waals surface area contributed by atoms with Crippen molar-refractivity contribution in [3.8, 4) is 0 Å². The third kappa shape index (κ3) is 3.39. The van der Waals surface area contributed by atoms with E-state index >= 15 is 0 Å². The number of anilines is 1. The van der Waals surface area contributed by atoms with E-state index in [0.29, 0.717) is 17.0 Å². The highest BCUT2D eigenvalue weighted by Gasteiger charge is 2.16. The molecule has 0 radical (unpaired) electrons. The molecule has 1 N–H and O–H groups in total. The number of rotatable bonds is 4. The van der Waals surface area contributed by atoms with Crippen LogP contribution in [0.3, 0.4) is 0 Å². The Morgan fingerprint density at radius 1 is 1.45 bits per heavy atom. The van der Waals surface area contributed by atoms with Gasteiger partial charge < -0.3 is 14.5 Å². The number of nitrogens with zero attached hydrogens (tertiary/aromatic N) is 2. The zero-order chi connectivity index (χ0) is 15.5. The molecule has 2 aromatic heterocycles. The predicted molar refractivity (Wildman–Crippen MR) is 82.0 cm³/mol. The Balaban J connectivity index is 1.61. The van der Waals surface area contributed by atoms with Crippen molar-refractivity contribution in [2.75, 3.05) is 11.9 Å². The summed E-state index contributed by atoms with van der Waals surface area (Å²) >= 11 is 0. The third-order valence-electron chi connectivity index (χ3n) is 3.84. The lowest BCUT2D eigenvalue weighted by Gasteiger charge is -2.22. The second-order valence-corrected chi connectivity index (χ2v) is 5.72. The molecule has 0 aliphatic carbocycles. The van der Waals surface area contributed by atoms with Gasteiger partial charge in [0.15, 0.2) is 0 Å². The molecule has 1 aliphatic rings. The molecule has 3 rings (SSSR count). The minimum Gasteiger partial charge on any atom is -0.466 e. The highest BCUT2D eigenvalue weighted by atomic mass is 16.5. The molecule has 1 atom stereocenters. The van der Waals surface area contributed by atoms with Gasteiger partial charge >= 0.3 is 0 Å². The third-order valence-corrected chi connectivity index (χ3v) is 3.84. The smallest absolute Gasteiger partial charge is 0.259 e. The van der Waals surface area contributed by atoms with E-state index in [-0.39, 0.29) is 12.0 Å². The van der Waals surface area contributed by atoms with Crippen LogP contribution in [0.15, 0.2) is 22.9 Å². The number of carbonyl (C=O) groups is 1. The van der Waals surface area contributed by atoms with Gasteiger partial charge in [0.1, 0.15) is 11.5 Å². The number of aryl methyl sites for hydroxylation is 2. The van der Waals surface area contributed by atoms with Gasteiger partial charge in [0.05, 0.1) is 30.1 Å². The molecule has 0 unspecified atom stereocenters. The molecule has 1 fully saturated rings. The molecule has 1 amide bonds. The van der Waals surface area contributed by atoms with E-state index < -0.39 is 0 Å². The fraction of sp³-hybridized carbons (Fsp3) is 0.500. The number of furan rings is 1. The van der Waals surface area contributed by atoms with Crippen LogP contribution in [0.25, 0.3) is 0 Å². The summed E-state index contributed by atoms with van der Waals surface area (Å²) in [5.41, 5.74) is 1.24. The maximum atomic E-state index is 12.2. The first-order chi connectivity index (χ1) is 10.6. The van der Waals surface area contributed by atoms with E-state index in [1.807, 2.05) is 17.8 Å². The molecule has 118 valence electrons. The molecular formula is C16H21N3O3. The van der Waals surface area contributed by atoms with Gasteiger partial charge in [-0.15, -0.1) is 0 Å². The van der Waals surface area contributed by atoms with Crippen molar-refractivity contribution in [2.24, 2.45) is 0 Å². The van der Waals surface area contributed by atoms with E-state index in [0.717, 1.165) is 31.8 Å². The first kappa shape index (κ1) is 14.8. The fourth-order valence-corrected chi connectivity index (χ4v) is 2.74. The van der Waals surface area contributed by atoms with Crippen LogP contribution in [0.1, 0.15) is 41.1 Å². The van der Waals surface area contributed by atoms with Crippen LogP contribution in [-0.4, -0.2) is 28.4 Å². The van der Waals surface area contributed by atoms with Gasteiger partial charge in [0, 0.05) is 12.8 Å². The highest BCUT2D eigenvalue weighted by molar-refractivity contribution is 6.04. The van der Waals surface area contributed by atoms with Gasteiger partial charge in [-0.3, -0.25) is 9.48 Å². The minimum absolute atomic E-state index is 0.178. The van der Waals surface area contributed by atoms with Crippen molar-refractivity contribution in [2.45, 2.75) is 45.8 Å². The Morgan fingerprint density at radius 2 is 2.32 bits per heavy atom. The van der Waals surface area contributed by atoms with Gasteiger partial charge in [-0.2, -0.15) is 5.10 Å². The summed E-state index contributed by atoms with van der Waals surface area (Å²) in [6.45, 7) is 5.16. The second-order valence-electron chi connectivity index (χ2n) is 5.72. The summed E-state index contributed by atoms with van der Waals surface area (Å²) in [5, 5.41) is 7.13. The van der Waals surface area contributed by atoms with Crippen LogP contribution >= 0.6 is 0 Å². The topological polar surface area (TPSA) is 69.3 Å². The quantitative estimate of drug-likeness (QED) is 0.943. The van der Waals surface area contributed by atoms with E-state index in [2.05, 4.69) is 10.4 Å². The van der Waals surface area contributed by atoms with Crippen molar-refractivity contribution in [3.63, 3.8) is 0 Å². The number of hydrogen-bond acceptors (Lipinski definition) is 4. The maximum absolute atomic E-state index is 12.2. The lowest BCUT2D eigenvalue weighted by Crippen LogP contribution is -2.24. The molecular weight excluding hydrogens is 282 g/mol. The fourth-order valence-electron chi connectivity index (χ4n) is 2.74. The van der Waals surface area contributed by atoms with Gasteiger partial charge in [0.2, 0.25) is 0 Å². The number of ether oxygens (including phenoxy) is 1. The van der Waals surface area contributed by atoms with E-state index in [4.69, 9.17) is 9.15 Å². The van der Waals surface area contributed by atoms with Gasteiger partial charge in [-0.1, -0.05) is 0 Å². The summed E-state index contributed by atoms with van der Waals surface area (Å²) in [6.07, 6.45) is 7.11. The molecule has 22 heavy (non-hydrogen) atoms. The van der Waals surface area contributed by atoms with Gasteiger partial charge in [-0.25, -0.2) is 0 Å². The van der Waals surface area contributed by atoms with E-state index in [9.17, 15) is 4.79 Å². The van der Waals surface area contributed by atoms with Crippen LogP contribution in [0.5, 0.6) is 0 Å². The Bertz CT molecular complexity index is 653. The van der Waals surface area contributed by atoms with Crippen LogP contribution < -0.4 is 5.32 Å². The standard InChI is InChI=1S/C16H21N3O3/c1-11-7-15(12(2)22-11)16(20)18-13-8-17-19(9-13)10-14-5-3-4-6-21-14/h7-9,14H,3-6,10H2,1-2H3,(H,18,20)/t14-/m1/s1. The molecule has 1 saturated heterocycles. The molecule has 0 spiro atoms. The number of aromatic nitrogens is 2. The Morgan fingerprint density at radius 3 is 3.00 bits per heavy atom. The lowest BCUT2D eigenvalue weighted by atomic mass is 10.1. The monoisotopic (exact) mass is 303 g/mol. The number of hydrogen-bond donors (Lipinski definition) is 1. The molecule has 0 saturated carbocycles. The van der Waals surface area contributed by atoms with Crippen molar-refractivity contribution >= 4 is 11.6 Å². The molecule has 0 aromatic carbocycles. The lowest BCUT2D eigenvalue weighted by molar-refractivity contribution is 0.00401. The normalized spacial score (nSPS) is 18.4. The van der Waals surface area contributed by atoms with E-state index in [1.165, 1.54) is 6.42 Å². The highest BCUT2D eigenvalue weighted by Crippen LogP contribution is 2.17. The Kier molecular flexibility index (Phi) is 4.29. The molecule has 3 heterocycles. The van der Waals surface area contributed by atoms with Crippen molar-refractivity contribution in [1.82, 2.24) is 9.78 Å². The maximum Gasteiger partial charge on any atom is 0.259 e. The first-order valence-electron chi connectivity index (χ1n) is 7.64. The summed E-state index contributed by atoms with van der Waals surface area (Å²) in [4.78, 5) is 12.2. The average molecular weight is 303 g/mol. The Hall–Kier alpha value is -2.08. The molecule has 0 bridgehead atoms. The second kappa shape index (κ2) is 6.36. The van der Waals surface area contributed by atoms with Crippen LogP contribution in [0.4, 0.5) is 5.69 Å². The van der Waals surface area contributed by atoms with Gasteiger partial charge in [-0.05, 0) is 39.2 Å². The van der Waals surface area contributed by atoms with Crippen molar-refractivity contribution in [3.05, 3.63) is 35.5 Å². The predicted octanol–water partition coefficient (Wildman–Crippen LogP) is 2.91. The van der Waals surface area contributed by atoms with Crippen LogP contribution in [0, 0.1) is 13.8 Å². The zero-order valence-corrected chi connectivity index (χ0v) is 13.0. The average Bonchev–Trinajstić information content (AvgIpc) is 3.06. The summed E-state index contributed by atoms with van der Waals surface area (Å²) < 4.78 is 12.9. The largest absolute Gasteiger partial charge is 0.466 e. The number of nitrogens with one attached hydrogen (secondary N) is 1. The Labute approximate surface area is 129 Å². The van der Waals surface area contributed by atoms with Crippen molar-refractivity contribution in [1.29, 1.82) is 0 Å². The van der Waals surface area contributed by atoms with Crippen molar-refractivity contribution < 1.29 is 13.9 Å². The van der Waals surface area contributed by atoms with Crippen LogP contribution in [0.2, 0.25) is 0 Å². The first-order valence-corrected chi connectivity index (χ1v) is 7.64. The summed E-state index contributed by atoms with van der Waals surface area (Å²) in [5.74, 6) is 1.17. The molecule has 6 heteroatoms. The summed E-state index contributed by atoms with van der Waals surface area (Å²) in [7, 11) is 0. The minimum atomic E-state index is -0.178. The van der Waals surface area contributed by atoms with E-state index in [1.54, 1.807) is 19.2 Å². The summed E-state index contributed by atoms with van der Waals surface area (Å²) in [6, 6.07) is 1.74. The zero-order valence-electron chi connectivity index (χ0n) is 13.0.